The third kappa shape index (κ3) is 4.45. The highest BCUT2D eigenvalue weighted by Crippen LogP contribution is 2.20. The molecular weight excluding hydrogens is 262 g/mol. The molecule has 2 N–H and O–H groups in total. The van der Waals surface area contributed by atoms with Gasteiger partial charge in [-0.1, -0.05) is 19.4 Å². The molecule has 1 heterocycles. The van der Waals surface area contributed by atoms with E-state index in [2.05, 4.69) is 4.72 Å². The molecule has 0 aliphatic heterocycles. The first kappa shape index (κ1) is 14.1. The lowest BCUT2D eigenvalue weighted by molar-refractivity contribution is -0.139. The highest BCUT2D eigenvalue weighted by molar-refractivity contribution is 7.89. The molecule has 17 heavy (non-hydrogen) atoms. The van der Waals surface area contributed by atoms with Gasteiger partial charge >= 0.3 is 5.97 Å². The Hall–Kier alpha value is -0.920. The number of aliphatic carboxylic acids is 1. The highest BCUT2D eigenvalue weighted by atomic mass is 32.2. The maximum Gasteiger partial charge on any atom is 0.327 e. The number of carbonyl (C=O) groups is 1. The smallest absolute Gasteiger partial charge is 0.327 e. The van der Waals surface area contributed by atoms with Crippen LogP contribution in [0.1, 0.15) is 30.7 Å². The first-order valence-electron chi connectivity index (χ1n) is 5.22. The third-order valence-corrected chi connectivity index (χ3v) is 4.50. The van der Waals surface area contributed by atoms with Crippen molar-refractivity contribution in [2.45, 2.75) is 25.8 Å². The van der Waals surface area contributed by atoms with E-state index < -0.39 is 22.0 Å². The summed E-state index contributed by atoms with van der Waals surface area (Å²) in [4.78, 5) is 11.5. The quantitative estimate of drug-likeness (QED) is 0.793. The molecule has 0 aromatic carbocycles. The fraction of sp³-hybridized carbons (Fsp3) is 0.500. The Morgan fingerprint density at radius 1 is 1.59 bits per heavy atom. The molecule has 0 fully saturated rings. The van der Waals surface area contributed by atoms with Gasteiger partial charge in [-0.25, -0.2) is 8.42 Å². The second kappa shape index (κ2) is 6.13. The monoisotopic (exact) mass is 277 g/mol. The molecule has 0 spiro atoms. The first-order valence-corrected chi connectivity index (χ1v) is 7.75. The Labute approximate surface area is 105 Å². The zero-order valence-electron chi connectivity index (χ0n) is 9.42. The van der Waals surface area contributed by atoms with Crippen LogP contribution in [0.5, 0.6) is 0 Å². The van der Waals surface area contributed by atoms with E-state index in [0.717, 1.165) is 6.42 Å². The van der Waals surface area contributed by atoms with Crippen molar-refractivity contribution in [1.82, 2.24) is 4.72 Å². The van der Waals surface area contributed by atoms with Gasteiger partial charge in [-0.05, 0) is 17.9 Å². The maximum atomic E-state index is 11.6. The lowest BCUT2D eigenvalue weighted by Crippen LogP contribution is -2.34. The van der Waals surface area contributed by atoms with Gasteiger partial charge in [0.1, 0.15) is 0 Å². The van der Waals surface area contributed by atoms with E-state index in [1.807, 2.05) is 6.92 Å². The molecule has 1 atom stereocenters. The van der Waals surface area contributed by atoms with Crippen LogP contribution in [0.3, 0.4) is 0 Å². The third-order valence-electron chi connectivity index (χ3n) is 2.14. The molecule has 7 heteroatoms. The molecule has 5 nitrogen and oxygen atoms in total. The largest absolute Gasteiger partial charge is 0.480 e. The normalized spacial score (nSPS) is 13.5. The first-order chi connectivity index (χ1) is 7.96. The lowest BCUT2D eigenvalue weighted by atomic mass is 10.3. The van der Waals surface area contributed by atoms with E-state index in [9.17, 15) is 13.2 Å². The Kier molecular flexibility index (Phi) is 5.10. The molecule has 0 aliphatic carbocycles. The van der Waals surface area contributed by atoms with Crippen molar-refractivity contribution in [3.8, 4) is 0 Å². The summed E-state index contributed by atoms with van der Waals surface area (Å²) in [7, 11) is -3.54. The van der Waals surface area contributed by atoms with Crippen LogP contribution in [0.4, 0.5) is 0 Å². The molecule has 1 aromatic rings. The summed E-state index contributed by atoms with van der Waals surface area (Å²) in [6.07, 6.45) is 1.27. The molecule has 0 bridgehead atoms. The zero-order chi connectivity index (χ0) is 12.9. The fourth-order valence-corrected chi connectivity index (χ4v) is 3.47. The number of thiophene rings is 1. The minimum Gasteiger partial charge on any atom is -0.480 e. The van der Waals surface area contributed by atoms with Crippen LogP contribution in [0.2, 0.25) is 0 Å². The average molecular weight is 277 g/mol. The summed E-state index contributed by atoms with van der Waals surface area (Å²) in [5, 5.41) is 10.7. The Bertz CT molecular complexity index is 453. The lowest BCUT2D eigenvalue weighted by Gasteiger charge is -2.13. The van der Waals surface area contributed by atoms with E-state index in [4.69, 9.17) is 5.11 Å². The molecule has 1 aromatic heterocycles. The summed E-state index contributed by atoms with van der Waals surface area (Å²) in [5.74, 6) is -1.23. The fourth-order valence-electron chi connectivity index (χ4n) is 1.26. The average Bonchev–Trinajstić information content (AvgIpc) is 2.76. The summed E-state index contributed by atoms with van der Waals surface area (Å²) in [6.45, 7) is 1.88. The van der Waals surface area contributed by atoms with Gasteiger partial charge in [-0.3, -0.25) is 4.79 Å². The number of carboxylic acid groups (broad SMARTS) is 1. The highest BCUT2D eigenvalue weighted by Gasteiger charge is 2.25. The molecule has 0 aliphatic rings. The van der Waals surface area contributed by atoms with Gasteiger partial charge < -0.3 is 5.11 Å². The van der Waals surface area contributed by atoms with Gasteiger partial charge in [0.2, 0.25) is 10.0 Å². The predicted octanol–water partition coefficient (Wildman–Crippen LogP) is 1.59. The summed E-state index contributed by atoms with van der Waals surface area (Å²) < 4.78 is 25.5. The predicted molar refractivity (Wildman–Crippen MR) is 66.5 cm³/mol. The van der Waals surface area contributed by atoms with Gasteiger partial charge in [0.15, 0.2) is 6.04 Å². The molecule has 96 valence electrons. The van der Waals surface area contributed by atoms with Gasteiger partial charge in [0, 0.05) is 4.88 Å². The molecule has 1 unspecified atom stereocenters. The van der Waals surface area contributed by atoms with Crippen molar-refractivity contribution in [3.05, 3.63) is 22.4 Å². The summed E-state index contributed by atoms with van der Waals surface area (Å²) >= 11 is 1.22. The number of sulfonamides is 1. The van der Waals surface area contributed by atoms with Crippen molar-refractivity contribution in [1.29, 1.82) is 0 Å². The van der Waals surface area contributed by atoms with E-state index in [1.54, 1.807) is 17.5 Å². The Morgan fingerprint density at radius 2 is 2.29 bits per heavy atom. The van der Waals surface area contributed by atoms with Crippen molar-refractivity contribution >= 4 is 27.3 Å². The Morgan fingerprint density at radius 3 is 2.76 bits per heavy atom. The second-order valence-electron chi connectivity index (χ2n) is 3.58. The SMILES string of the molecule is CCCCS(=O)(=O)NC(C(=O)O)c1cccs1. The topological polar surface area (TPSA) is 83.5 Å². The van der Waals surface area contributed by atoms with E-state index >= 15 is 0 Å². The number of hydrogen-bond acceptors (Lipinski definition) is 4. The van der Waals surface area contributed by atoms with Crippen molar-refractivity contribution < 1.29 is 18.3 Å². The van der Waals surface area contributed by atoms with Crippen LogP contribution >= 0.6 is 11.3 Å². The Balaban J connectivity index is 2.78. The van der Waals surface area contributed by atoms with Gasteiger partial charge in [-0.2, -0.15) is 4.72 Å². The molecule has 0 radical (unpaired) electrons. The van der Waals surface area contributed by atoms with Crippen LogP contribution < -0.4 is 4.72 Å². The minimum absolute atomic E-state index is 0.0430. The molecule has 0 saturated carbocycles. The van der Waals surface area contributed by atoms with Crippen LogP contribution in [0, 0.1) is 0 Å². The van der Waals surface area contributed by atoms with Crippen LogP contribution in [-0.2, 0) is 14.8 Å². The van der Waals surface area contributed by atoms with Crippen molar-refractivity contribution in [2.75, 3.05) is 5.75 Å². The van der Waals surface area contributed by atoms with Crippen molar-refractivity contribution in [2.24, 2.45) is 0 Å². The second-order valence-corrected chi connectivity index (χ2v) is 6.43. The van der Waals surface area contributed by atoms with Crippen molar-refractivity contribution in [3.63, 3.8) is 0 Å². The van der Waals surface area contributed by atoms with Gasteiger partial charge in [0.25, 0.3) is 0 Å². The van der Waals surface area contributed by atoms with Gasteiger partial charge in [0.05, 0.1) is 5.75 Å². The minimum atomic E-state index is -3.54. The van der Waals surface area contributed by atoms with E-state index in [-0.39, 0.29) is 5.75 Å². The molecule has 0 saturated heterocycles. The number of nitrogens with one attached hydrogen (secondary N) is 1. The zero-order valence-corrected chi connectivity index (χ0v) is 11.1. The number of unbranched alkanes of at least 4 members (excludes halogenated alkanes) is 1. The standard InChI is InChI=1S/C10H15NO4S2/c1-2-3-7-17(14,15)11-9(10(12)13)8-5-4-6-16-8/h4-6,9,11H,2-3,7H2,1H3,(H,12,13). The van der Waals surface area contributed by atoms with E-state index in [1.165, 1.54) is 11.3 Å². The number of hydrogen-bond donors (Lipinski definition) is 2. The van der Waals surface area contributed by atoms with E-state index in [0.29, 0.717) is 11.3 Å². The maximum absolute atomic E-state index is 11.6. The number of carboxylic acids is 1. The summed E-state index contributed by atoms with van der Waals surface area (Å²) in [5.41, 5.74) is 0. The van der Waals surface area contributed by atoms with Gasteiger partial charge in [-0.15, -0.1) is 11.3 Å². The molecule has 1 rings (SSSR count). The molecule has 0 amide bonds. The van der Waals surface area contributed by atoms with Crippen LogP contribution in [0.25, 0.3) is 0 Å². The summed E-state index contributed by atoms with van der Waals surface area (Å²) in [6, 6.07) is 2.11. The number of rotatable bonds is 7. The van der Waals surface area contributed by atoms with Crippen LogP contribution in [0.15, 0.2) is 17.5 Å². The molecular formula is C10H15NO4S2. The van der Waals surface area contributed by atoms with Crippen LogP contribution in [-0.4, -0.2) is 25.2 Å².